The van der Waals surface area contributed by atoms with Gasteiger partial charge in [-0.3, -0.25) is 9.69 Å². The molecule has 1 fully saturated rings. The van der Waals surface area contributed by atoms with Crippen LogP contribution in [-0.2, 0) is 11.3 Å². The van der Waals surface area contributed by atoms with Crippen LogP contribution >= 0.6 is 0 Å². The van der Waals surface area contributed by atoms with Gasteiger partial charge in [0.05, 0.1) is 11.7 Å². The molecule has 1 aliphatic heterocycles. The van der Waals surface area contributed by atoms with Gasteiger partial charge >= 0.3 is 0 Å². The zero-order valence-electron chi connectivity index (χ0n) is 11.9. The summed E-state index contributed by atoms with van der Waals surface area (Å²) in [4.78, 5) is 13.5. The first kappa shape index (κ1) is 14.9. The lowest BCUT2D eigenvalue weighted by molar-refractivity contribution is 0.0386. The van der Waals surface area contributed by atoms with Crippen LogP contribution in [0.15, 0.2) is 12.1 Å². The first-order valence-electron chi connectivity index (χ1n) is 6.78. The van der Waals surface area contributed by atoms with Crippen molar-refractivity contribution < 1.29 is 19.0 Å². The number of ether oxygens (including phenoxy) is 1. The third-order valence-corrected chi connectivity index (χ3v) is 3.79. The van der Waals surface area contributed by atoms with Crippen LogP contribution in [0.5, 0.6) is 5.75 Å². The van der Waals surface area contributed by atoms with Gasteiger partial charge in [-0.15, -0.1) is 0 Å². The van der Waals surface area contributed by atoms with Gasteiger partial charge in [-0.2, -0.15) is 0 Å². The van der Waals surface area contributed by atoms with Gasteiger partial charge in [0.15, 0.2) is 5.78 Å². The standard InChI is InChI=1S/C15H20FNO3/c1-10(18)14-8-12(16)7-11(15(14)19)9-17-5-3-13(20-2)4-6-17/h7-8,13,19H,3-6,9H2,1-2H3. The molecule has 2 rings (SSSR count). The minimum atomic E-state index is -0.491. The Bertz CT molecular complexity index is 496. The van der Waals surface area contributed by atoms with Crippen molar-refractivity contribution >= 4 is 5.78 Å². The Hall–Kier alpha value is -1.46. The van der Waals surface area contributed by atoms with Crippen molar-refractivity contribution in [3.05, 3.63) is 29.1 Å². The number of Topliss-reactive ketones (excluding diaryl/α,β-unsaturated/α-hetero) is 1. The largest absolute Gasteiger partial charge is 0.507 e. The molecule has 0 aromatic heterocycles. The van der Waals surface area contributed by atoms with Crippen LogP contribution < -0.4 is 0 Å². The summed E-state index contributed by atoms with van der Waals surface area (Å²) in [6, 6.07) is 2.38. The second kappa shape index (κ2) is 6.33. The van der Waals surface area contributed by atoms with Crippen LogP contribution in [0.2, 0.25) is 0 Å². The summed E-state index contributed by atoms with van der Waals surface area (Å²) in [5, 5.41) is 10.1. The van der Waals surface area contributed by atoms with Crippen molar-refractivity contribution in [1.29, 1.82) is 0 Å². The zero-order chi connectivity index (χ0) is 14.7. The number of carbonyl (C=O) groups is 1. The average molecular weight is 281 g/mol. The number of rotatable bonds is 4. The van der Waals surface area contributed by atoms with Crippen molar-refractivity contribution in [2.75, 3.05) is 20.2 Å². The van der Waals surface area contributed by atoms with E-state index >= 15 is 0 Å². The van der Waals surface area contributed by atoms with Gasteiger partial charge < -0.3 is 9.84 Å². The molecule has 0 unspecified atom stereocenters. The van der Waals surface area contributed by atoms with E-state index in [-0.39, 0.29) is 23.2 Å². The maximum Gasteiger partial charge on any atom is 0.163 e. The zero-order valence-corrected chi connectivity index (χ0v) is 11.9. The molecule has 20 heavy (non-hydrogen) atoms. The Morgan fingerprint density at radius 3 is 2.65 bits per heavy atom. The highest BCUT2D eigenvalue weighted by Gasteiger charge is 2.21. The SMILES string of the molecule is COC1CCN(Cc2cc(F)cc(C(C)=O)c2O)CC1. The van der Waals surface area contributed by atoms with Crippen molar-refractivity contribution in [3.8, 4) is 5.75 Å². The van der Waals surface area contributed by atoms with E-state index in [9.17, 15) is 14.3 Å². The van der Waals surface area contributed by atoms with E-state index < -0.39 is 5.82 Å². The maximum absolute atomic E-state index is 13.5. The third-order valence-electron chi connectivity index (χ3n) is 3.79. The number of aromatic hydroxyl groups is 1. The first-order valence-corrected chi connectivity index (χ1v) is 6.78. The molecule has 1 saturated heterocycles. The molecule has 1 aromatic carbocycles. The minimum Gasteiger partial charge on any atom is -0.507 e. The van der Waals surface area contributed by atoms with Crippen LogP contribution in [-0.4, -0.2) is 42.1 Å². The predicted molar refractivity (Wildman–Crippen MR) is 73.4 cm³/mol. The summed E-state index contributed by atoms with van der Waals surface area (Å²) in [5.41, 5.74) is 0.512. The van der Waals surface area contributed by atoms with Crippen LogP contribution in [0.25, 0.3) is 0 Å². The Labute approximate surface area is 118 Å². The highest BCUT2D eigenvalue weighted by Crippen LogP contribution is 2.27. The lowest BCUT2D eigenvalue weighted by Crippen LogP contribution is -2.36. The molecule has 0 amide bonds. The van der Waals surface area contributed by atoms with Crippen LogP contribution in [0.4, 0.5) is 4.39 Å². The molecule has 1 aliphatic rings. The molecular weight excluding hydrogens is 261 g/mol. The Balaban J connectivity index is 2.12. The number of halogens is 1. The van der Waals surface area contributed by atoms with Gasteiger partial charge in [-0.1, -0.05) is 0 Å². The van der Waals surface area contributed by atoms with Crippen molar-refractivity contribution in [2.45, 2.75) is 32.4 Å². The summed E-state index contributed by atoms with van der Waals surface area (Å²) in [6.45, 7) is 3.44. The number of hydrogen-bond donors (Lipinski definition) is 1. The molecule has 0 radical (unpaired) electrons. The van der Waals surface area contributed by atoms with Gasteiger partial charge in [0.2, 0.25) is 0 Å². The normalized spacial score (nSPS) is 17.4. The fourth-order valence-electron chi connectivity index (χ4n) is 2.59. The Kier molecular flexibility index (Phi) is 4.73. The number of carbonyl (C=O) groups excluding carboxylic acids is 1. The van der Waals surface area contributed by atoms with E-state index in [0.717, 1.165) is 32.0 Å². The monoisotopic (exact) mass is 281 g/mol. The number of piperidine rings is 1. The molecule has 0 saturated carbocycles. The fraction of sp³-hybridized carbons (Fsp3) is 0.533. The number of ketones is 1. The predicted octanol–water partition coefficient (Wildman–Crippen LogP) is 2.34. The van der Waals surface area contributed by atoms with E-state index in [0.29, 0.717) is 12.1 Å². The minimum absolute atomic E-state index is 0.0479. The lowest BCUT2D eigenvalue weighted by atomic mass is 10.0. The van der Waals surface area contributed by atoms with E-state index in [1.807, 2.05) is 0 Å². The number of phenolic OH excluding ortho intramolecular Hbond substituents is 1. The van der Waals surface area contributed by atoms with Crippen LogP contribution in [0.1, 0.15) is 35.7 Å². The molecule has 0 atom stereocenters. The van der Waals surface area contributed by atoms with Crippen LogP contribution in [0, 0.1) is 5.82 Å². The Morgan fingerprint density at radius 1 is 1.45 bits per heavy atom. The Morgan fingerprint density at radius 2 is 2.10 bits per heavy atom. The summed E-state index contributed by atoms with van der Waals surface area (Å²) < 4.78 is 18.8. The van der Waals surface area contributed by atoms with E-state index in [2.05, 4.69) is 4.90 Å². The lowest BCUT2D eigenvalue weighted by Gasteiger charge is -2.31. The number of methoxy groups -OCH3 is 1. The molecule has 0 bridgehead atoms. The van der Waals surface area contributed by atoms with Gasteiger partial charge in [0.1, 0.15) is 11.6 Å². The van der Waals surface area contributed by atoms with Gasteiger partial charge in [-0.05, 0) is 31.9 Å². The smallest absolute Gasteiger partial charge is 0.163 e. The summed E-state index contributed by atoms with van der Waals surface area (Å²) in [5.74, 6) is -0.927. The molecule has 110 valence electrons. The molecular formula is C15H20FNO3. The van der Waals surface area contributed by atoms with Crippen LogP contribution in [0.3, 0.4) is 0 Å². The average Bonchev–Trinajstić information content (AvgIpc) is 2.43. The first-order chi connectivity index (χ1) is 9.51. The quantitative estimate of drug-likeness (QED) is 0.861. The second-order valence-electron chi connectivity index (χ2n) is 5.23. The van der Waals surface area contributed by atoms with Gasteiger partial charge in [-0.25, -0.2) is 4.39 Å². The van der Waals surface area contributed by atoms with Crippen molar-refractivity contribution in [1.82, 2.24) is 4.90 Å². The molecule has 5 heteroatoms. The number of nitrogens with zero attached hydrogens (tertiary/aromatic N) is 1. The maximum atomic E-state index is 13.5. The molecule has 0 aliphatic carbocycles. The highest BCUT2D eigenvalue weighted by atomic mass is 19.1. The van der Waals surface area contributed by atoms with Crippen molar-refractivity contribution in [3.63, 3.8) is 0 Å². The third kappa shape index (κ3) is 3.35. The van der Waals surface area contributed by atoms with E-state index in [4.69, 9.17) is 4.74 Å². The molecule has 1 heterocycles. The van der Waals surface area contributed by atoms with Crippen molar-refractivity contribution in [2.24, 2.45) is 0 Å². The molecule has 0 spiro atoms. The van der Waals surface area contributed by atoms with Gasteiger partial charge in [0.25, 0.3) is 0 Å². The fourth-order valence-corrected chi connectivity index (χ4v) is 2.59. The molecule has 1 aromatic rings. The topological polar surface area (TPSA) is 49.8 Å². The number of benzene rings is 1. The number of phenols is 1. The van der Waals surface area contributed by atoms with E-state index in [1.165, 1.54) is 13.0 Å². The van der Waals surface area contributed by atoms with Gasteiger partial charge in [0, 0.05) is 32.3 Å². The van der Waals surface area contributed by atoms with E-state index in [1.54, 1.807) is 7.11 Å². The molecule has 1 N–H and O–H groups in total. The highest BCUT2D eigenvalue weighted by molar-refractivity contribution is 5.97. The summed E-state index contributed by atoms with van der Waals surface area (Å²) in [7, 11) is 1.71. The second-order valence-corrected chi connectivity index (χ2v) is 5.23. The summed E-state index contributed by atoms with van der Waals surface area (Å²) in [6.07, 6.45) is 2.12. The number of hydrogen-bond acceptors (Lipinski definition) is 4. The molecule has 4 nitrogen and oxygen atoms in total. The number of likely N-dealkylation sites (tertiary alicyclic amines) is 1. The summed E-state index contributed by atoms with van der Waals surface area (Å²) >= 11 is 0.